The first-order valence-electron chi connectivity index (χ1n) is 6.78. The van der Waals surface area contributed by atoms with E-state index in [1.165, 1.54) is 0 Å². The summed E-state index contributed by atoms with van der Waals surface area (Å²) < 4.78 is 8.02. The quantitative estimate of drug-likeness (QED) is 0.919. The molecule has 0 saturated carbocycles. The van der Waals surface area contributed by atoms with E-state index in [1.54, 1.807) is 35.4 Å². The van der Waals surface area contributed by atoms with Gasteiger partial charge in [-0.05, 0) is 40.9 Å². The van der Waals surface area contributed by atoms with Crippen molar-refractivity contribution in [2.24, 2.45) is 0 Å². The lowest BCUT2D eigenvalue weighted by Gasteiger charge is -2.08. The van der Waals surface area contributed by atoms with Gasteiger partial charge >= 0.3 is 0 Å². The second kappa shape index (κ2) is 6.36. The summed E-state index contributed by atoms with van der Waals surface area (Å²) in [5, 5.41) is 7.03. The maximum atomic E-state index is 12.1. The molecule has 21 heavy (non-hydrogen) atoms. The summed E-state index contributed by atoms with van der Waals surface area (Å²) in [5.41, 5.74) is 1.000. The molecule has 7 heteroatoms. The van der Waals surface area contributed by atoms with E-state index in [0.717, 1.165) is 19.4 Å². The Morgan fingerprint density at radius 2 is 2.48 bits per heavy atom. The number of hydrogen-bond acceptors (Lipinski definition) is 4. The number of pyridine rings is 1. The normalized spacial score (nSPS) is 17.9. The van der Waals surface area contributed by atoms with E-state index >= 15 is 0 Å². The number of aromatic nitrogens is 3. The molecule has 0 bridgehead atoms. The SMILES string of the molecule is O=C(Nc1cnn(CC2CCCO2)c1)c1ncccc1Br. The Morgan fingerprint density at radius 1 is 1.57 bits per heavy atom. The number of nitrogens with one attached hydrogen (secondary N) is 1. The fraction of sp³-hybridized carbons (Fsp3) is 0.357. The van der Waals surface area contributed by atoms with Gasteiger partial charge in [0.05, 0.1) is 24.5 Å². The molecule has 1 aliphatic rings. The van der Waals surface area contributed by atoms with Gasteiger partial charge in [0, 0.05) is 23.5 Å². The lowest BCUT2D eigenvalue weighted by Crippen LogP contribution is -2.15. The molecule has 3 rings (SSSR count). The predicted molar refractivity (Wildman–Crippen MR) is 81.1 cm³/mol. The molecule has 0 aliphatic carbocycles. The Kier molecular flexibility index (Phi) is 4.31. The molecule has 1 atom stereocenters. The monoisotopic (exact) mass is 350 g/mol. The first kappa shape index (κ1) is 14.2. The molecule has 1 unspecified atom stereocenters. The molecule has 1 fully saturated rings. The predicted octanol–water partition coefficient (Wildman–Crippen LogP) is 2.47. The molecular formula is C14H15BrN4O2. The van der Waals surface area contributed by atoms with Crippen LogP contribution in [-0.4, -0.2) is 33.4 Å². The standard InChI is InChI=1S/C14H15BrN4O2/c15-12-4-1-5-16-13(12)14(20)18-10-7-17-19(8-10)9-11-3-2-6-21-11/h1,4-5,7-8,11H,2-3,6,9H2,(H,18,20). The van der Waals surface area contributed by atoms with Crippen molar-refractivity contribution in [1.82, 2.24) is 14.8 Å². The molecule has 0 radical (unpaired) electrons. The lowest BCUT2D eigenvalue weighted by atomic mass is 10.2. The largest absolute Gasteiger partial charge is 0.376 e. The second-order valence-electron chi connectivity index (χ2n) is 4.87. The molecule has 6 nitrogen and oxygen atoms in total. The third-order valence-electron chi connectivity index (χ3n) is 3.28. The van der Waals surface area contributed by atoms with Crippen molar-refractivity contribution in [2.75, 3.05) is 11.9 Å². The Morgan fingerprint density at radius 3 is 3.24 bits per heavy atom. The topological polar surface area (TPSA) is 69.0 Å². The fourth-order valence-corrected chi connectivity index (χ4v) is 2.70. The van der Waals surface area contributed by atoms with Crippen LogP contribution in [0.25, 0.3) is 0 Å². The zero-order valence-corrected chi connectivity index (χ0v) is 12.9. The molecule has 1 amide bonds. The Hall–Kier alpha value is -1.73. The van der Waals surface area contributed by atoms with Crippen LogP contribution in [0.4, 0.5) is 5.69 Å². The molecule has 110 valence electrons. The minimum Gasteiger partial charge on any atom is -0.376 e. The molecule has 0 aromatic carbocycles. The van der Waals surface area contributed by atoms with Crippen molar-refractivity contribution >= 4 is 27.5 Å². The highest BCUT2D eigenvalue weighted by Gasteiger charge is 2.17. The number of nitrogens with zero attached hydrogens (tertiary/aromatic N) is 3. The number of rotatable bonds is 4. The van der Waals surface area contributed by atoms with Crippen LogP contribution in [0, 0.1) is 0 Å². The minimum atomic E-state index is -0.265. The summed E-state index contributed by atoms with van der Waals surface area (Å²) in [7, 11) is 0. The van der Waals surface area contributed by atoms with Crippen LogP contribution in [0.15, 0.2) is 35.2 Å². The highest BCUT2D eigenvalue weighted by Crippen LogP contribution is 2.17. The van der Waals surface area contributed by atoms with Gasteiger partial charge in [-0.25, -0.2) is 4.98 Å². The molecule has 3 heterocycles. The fourth-order valence-electron chi connectivity index (χ4n) is 2.27. The third-order valence-corrected chi connectivity index (χ3v) is 3.92. The third kappa shape index (κ3) is 3.48. The van der Waals surface area contributed by atoms with E-state index in [9.17, 15) is 4.79 Å². The van der Waals surface area contributed by atoms with Crippen molar-refractivity contribution in [3.8, 4) is 0 Å². The minimum absolute atomic E-state index is 0.221. The Balaban J connectivity index is 1.64. The van der Waals surface area contributed by atoms with Gasteiger partial charge in [0.25, 0.3) is 5.91 Å². The number of anilines is 1. The van der Waals surface area contributed by atoms with E-state index in [-0.39, 0.29) is 12.0 Å². The highest BCUT2D eigenvalue weighted by molar-refractivity contribution is 9.10. The summed E-state index contributed by atoms with van der Waals surface area (Å²) in [5.74, 6) is -0.265. The number of carbonyl (C=O) groups is 1. The van der Waals surface area contributed by atoms with Crippen LogP contribution >= 0.6 is 15.9 Å². The molecule has 1 saturated heterocycles. The Labute approximate surface area is 130 Å². The summed E-state index contributed by atoms with van der Waals surface area (Å²) in [6, 6.07) is 3.54. The van der Waals surface area contributed by atoms with Crippen LogP contribution in [0.3, 0.4) is 0 Å². The van der Waals surface area contributed by atoms with Gasteiger partial charge < -0.3 is 10.1 Å². The zero-order valence-electron chi connectivity index (χ0n) is 11.3. The van der Waals surface area contributed by atoms with E-state index in [2.05, 4.69) is 31.3 Å². The summed E-state index contributed by atoms with van der Waals surface area (Å²) in [4.78, 5) is 16.2. The van der Waals surface area contributed by atoms with Crippen molar-refractivity contribution < 1.29 is 9.53 Å². The van der Waals surface area contributed by atoms with Gasteiger partial charge in [0.2, 0.25) is 0 Å². The molecule has 2 aromatic rings. The number of hydrogen-bond donors (Lipinski definition) is 1. The van der Waals surface area contributed by atoms with Crippen molar-refractivity contribution in [3.05, 3.63) is 40.9 Å². The maximum absolute atomic E-state index is 12.1. The van der Waals surface area contributed by atoms with Gasteiger partial charge in [-0.2, -0.15) is 5.10 Å². The van der Waals surface area contributed by atoms with Crippen LogP contribution in [-0.2, 0) is 11.3 Å². The second-order valence-corrected chi connectivity index (χ2v) is 5.73. The van der Waals surface area contributed by atoms with Gasteiger partial charge in [0.1, 0.15) is 5.69 Å². The highest BCUT2D eigenvalue weighted by atomic mass is 79.9. The number of amides is 1. The first-order valence-corrected chi connectivity index (χ1v) is 7.57. The summed E-state index contributed by atoms with van der Waals surface area (Å²) >= 11 is 3.31. The summed E-state index contributed by atoms with van der Waals surface area (Å²) in [6.07, 6.45) is 7.39. The number of carbonyl (C=O) groups excluding carboxylic acids is 1. The van der Waals surface area contributed by atoms with Gasteiger partial charge in [-0.1, -0.05) is 0 Å². The van der Waals surface area contributed by atoms with Crippen LogP contribution in [0.5, 0.6) is 0 Å². The van der Waals surface area contributed by atoms with Gasteiger partial charge in [-0.3, -0.25) is 9.48 Å². The lowest BCUT2D eigenvalue weighted by molar-refractivity contribution is 0.0940. The zero-order chi connectivity index (χ0) is 14.7. The summed E-state index contributed by atoms with van der Waals surface area (Å²) in [6.45, 7) is 1.53. The smallest absolute Gasteiger partial charge is 0.275 e. The van der Waals surface area contributed by atoms with E-state index in [4.69, 9.17) is 4.74 Å². The van der Waals surface area contributed by atoms with Crippen LogP contribution in [0.2, 0.25) is 0 Å². The van der Waals surface area contributed by atoms with E-state index in [1.807, 2.05) is 0 Å². The Bertz CT molecular complexity index is 637. The molecule has 2 aromatic heterocycles. The van der Waals surface area contributed by atoms with Crippen molar-refractivity contribution in [2.45, 2.75) is 25.5 Å². The molecular weight excluding hydrogens is 336 g/mol. The van der Waals surface area contributed by atoms with Crippen LogP contribution in [0.1, 0.15) is 23.3 Å². The van der Waals surface area contributed by atoms with Gasteiger partial charge in [-0.15, -0.1) is 0 Å². The van der Waals surface area contributed by atoms with Crippen molar-refractivity contribution in [3.63, 3.8) is 0 Å². The molecule has 1 N–H and O–H groups in total. The number of ether oxygens (including phenoxy) is 1. The average Bonchev–Trinajstić information content (AvgIpc) is 3.12. The van der Waals surface area contributed by atoms with E-state index < -0.39 is 0 Å². The average molecular weight is 351 g/mol. The van der Waals surface area contributed by atoms with Crippen molar-refractivity contribution in [1.29, 1.82) is 0 Å². The first-order chi connectivity index (χ1) is 10.2. The van der Waals surface area contributed by atoms with Gasteiger partial charge in [0.15, 0.2) is 0 Å². The molecule has 1 aliphatic heterocycles. The number of halogens is 1. The van der Waals surface area contributed by atoms with Crippen LogP contribution < -0.4 is 5.32 Å². The maximum Gasteiger partial charge on any atom is 0.275 e. The van der Waals surface area contributed by atoms with E-state index in [0.29, 0.717) is 22.4 Å². The molecule has 0 spiro atoms.